The zero-order valence-electron chi connectivity index (χ0n) is 5.83. The monoisotopic (exact) mass is 162 g/mol. The highest BCUT2D eigenvalue weighted by atomic mass is 32.1. The van der Waals surface area contributed by atoms with Crippen molar-refractivity contribution in [3.8, 4) is 0 Å². The minimum Gasteiger partial charge on any atom is -0.352 e. The van der Waals surface area contributed by atoms with Crippen LogP contribution in [-0.2, 0) is 20.7 Å². The van der Waals surface area contributed by atoms with Crippen molar-refractivity contribution in [1.82, 2.24) is 0 Å². The lowest BCUT2D eigenvalue weighted by Crippen LogP contribution is -2.21. The Balaban J connectivity index is 2.53. The van der Waals surface area contributed by atoms with E-state index in [9.17, 15) is 4.21 Å². The average Bonchev–Trinajstić information content (AvgIpc) is 2.43. The van der Waals surface area contributed by atoms with E-state index in [4.69, 9.17) is 9.47 Å². The highest BCUT2D eigenvalue weighted by Crippen LogP contribution is 2.05. The van der Waals surface area contributed by atoms with Gasteiger partial charge in [0.2, 0.25) is 0 Å². The molecule has 1 atom stereocenters. The summed E-state index contributed by atoms with van der Waals surface area (Å²) in [5.41, 5.74) is 0. The first-order valence-electron chi connectivity index (χ1n) is 3.23. The Labute approximate surface area is 63.4 Å². The van der Waals surface area contributed by atoms with Crippen LogP contribution in [0.2, 0.25) is 0 Å². The summed E-state index contributed by atoms with van der Waals surface area (Å²) < 4.78 is 20.5. The first-order valence-corrected chi connectivity index (χ1v) is 3.97. The van der Waals surface area contributed by atoms with E-state index in [-0.39, 0.29) is 6.10 Å². The predicted octanol–water partition coefficient (Wildman–Crippen LogP) is 0.155. The van der Waals surface area contributed by atoms with E-state index in [0.29, 0.717) is 24.7 Å². The summed E-state index contributed by atoms with van der Waals surface area (Å²) in [5.74, 6) is 0. The van der Waals surface area contributed by atoms with Crippen molar-refractivity contribution in [2.75, 3.05) is 13.4 Å². The Morgan fingerprint density at radius 2 is 2.60 bits per heavy atom. The van der Waals surface area contributed by atoms with Crippen LogP contribution in [0.3, 0.4) is 0 Å². The second kappa shape index (κ2) is 3.85. The van der Waals surface area contributed by atoms with Crippen molar-refractivity contribution in [2.45, 2.75) is 19.4 Å². The van der Waals surface area contributed by atoms with Gasteiger partial charge in [-0.1, -0.05) is 6.92 Å². The van der Waals surface area contributed by atoms with Crippen molar-refractivity contribution in [3.05, 3.63) is 0 Å². The maximum absolute atomic E-state index is 10.4. The van der Waals surface area contributed by atoms with Crippen LogP contribution < -0.4 is 0 Å². The Morgan fingerprint density at radius 1 is 1.80 bits per heavy atom. The molecule has 0 aromatic rings. The molecular weight excluding hydrogens is 152 g/mol. The normalized spacial score (nSPS) is 24.7. The van der Waals surface area contributed by atoms with Gasteiger partial charge in [-0.05, 0) is 6.42 Å². The maximum atomic E-state index is 10.4. The summed E-state index contributed by atoms with van der Waals surface area (Å²) in [6.07, 6.45) is 0.704. The number of hydrogen-bond acceptors (Lipinski definition) is 3. The molecule has 1 rings (SSSR count). The summed E-state index contributed by atoms with van der Waals surface area (Å²) in [4.78, 5) is 0.831. The maximum Gasteiger partial charge on any atom is 0.147 e. The summed E-state index contributed by atoms with van der Waals surface area (Å²) >= 11 is 0.529. The topological polar surface area (TPSA) is 35.5 Å². The Morgan fingerprint density at radius 3 is 3.00 bits per heavy atom. The number of ether oxygens (including phenoxy) is 2. The molecule has 1 heterocycles. The third kappa shape index (κ3) is 1.65. The van der Waals surface area contributed by atoms with Gasteiger partial charge in [0.1, 0.15) is 12.9 Å². The lowest BCUT2D eigenvalue weighted by Gasteiger charge is -2.04. The van der Waals surface area contributed by atoms with E-state index < -0.39 is 0 Å². The van der Waals surface area contributed by atoms with Crippen LogP contribution in [0.4, 0.5) is 0 Å². The van der Waals surface area contributed by atoms with Gasteiger partial charge in [-0.15, -0.1) is 0 Å². The van der Waals surface area contributed by atoms with Crippen LogP contribution >= 0.6 is 0 Å². The molecule has 1 aliphatic heterocycles. The lowest BCUT2D eigenvalue weighted by molar-refractivity contribution is 0.0606. The van der Waals surface area contributed by atoms with E-state index in [1.54, 1.807) is 0 Å². The number of hydrogen-bond donors (Lipinski definition) is 0. The minimum atomic E-state index is -0.0625. The third-order valence-corrected chi connectivity index (χ3v) is 2.20. The Bertz CT molecular complexity index is 156. The van der Waals surface area contributed by atoms with Gasteiger partial charge in [-0.2, -0.15) is 0 Å². The highest BCUT2D eigenvalue weighted by molar-refractivity contribution is 7.66. The third-order valence-electron chi connectivity index (χ3n) is 1.44. The van der Waals surface area contributed by atoms with Gasteiger partial charge in [0, 0.05) is 0 Å². The molecule has 0 amide bonds. The molecule has 1 unspecified atom stereocenters. The van der Waals surface area contributed by atoms with Gasteiger partial charge in [0.05, 0.1) is 22.7 Å². The zero-order chi connectivity index (χ0) is 7.40. The average molecular weight is 162 g/mol. The van der Waals surface area contributed by atoms with Crippen LogP contribution in [0.15, 0.2) is 0 Å². The van der Waals surface area contributed by atoms with E-state index in [1.165, 1.54) is 0 Å². The molecule has 10 heavy (non-hydrogen) atoms. The van der Waals surface area contributed by atoms with Crippen LogP contribution in [0.1, 0.15) is 13.3 Å². The number of rotatable bonds is 2. The predicted molar refractivity (Wildman–Crippen MR) is 39.1 cm³/mol. The van der Waals surface area contributed by atoms with Crippen molar-refractivity contribution >= 4 is 16.1 Å². The summed E-state index contributed by atoms with van der Waals surface area (Å²) in [5, 5.41) is 0. The summed E-state index contributed by atoms with van der Waals surface area (Å²) in [7, 11) is 0. The molecule has 58 valence electrons. The molecule has 1 aliphatic rings. The highest BCUT2D eigenvalue weighted by Gasteiger charge is 2.20. The molecule has 0 aliphatic carbocycles. The van der Waals surface area contributed by atoms with Gasteiger partial charge in [-0.3, -0.25) is 0 Å². The fourth-order valence-electron chi connectivity index (χ4n) is 0.860. The van der Waals surface area contributed by atoms with E-state index in [0.717, 1.165) is 11.3 Å². The van der Waals surface area contributed by atoms with Gasteiger partial charge < -0.3 is 9.47 Å². The SMILES string of the molecule is CCC(=S=O)C1COCO1. The van der Waals surface area contributed by atoms with E-state index in [2.05, 4.69) is 0 Å². The molecule has 1 fully saturated rings. The smallest absolute Gasteiger partial charge is 0.147 e. The molecule has 0 aromatic heterocycles. The molecular formula is C6H10O3S. The van der Waals surface area contributed by atoms with Gasteiger partial charge in [0.25, 0.3) is 0 Å². The first-order chi connectivity index (χ1) is 4.88. The second-order valence-corrected chi connectivity index (χ2v) is 2.74. The van der Waals surface area contributed by atoms with Crippen molar-refractivity contribution < 1.29 is 13.7 Å². The molecule has 0 radical (unpaired) electrons. The molecule has 0 bridgehead atoms. The van der Waals surface area contributed by atoms with Crippen LogP contribution in [0, 0.1) is 0 Å². The minimum absolute atomic E-state index is 0.0625. The van der Waals surface area contributed by atoms with Crippen LogP contribution in [0.5, 0.6) is 0 Å². The van der Waals surface area contributed by atoms with Gasteiger partial charge >= 0.3 is 0 Å². The van der Waals surface area contributed by atoms with E-state index >= 15 is 0 Å². The second-order valence-electron chi connectivity index (χ2n) is 2.05. The first kappa shape index (κ1) is 7.91. The van der Waals surface area contributed by atoms with Crippen LogP contribution in [0.25, 0.3) is 0 Å². The molecule has 4 heteroatoms. The molecule has 0 spiro atoms. The van der Waals surface area contributed by atoms with E-state index in [1.807, 2.05) is 6.92 Å². The molecule has 0 aromatic carbocycles. The molecule has 3 nitrogen and oxygen atoms in total. The van der Waals surface area contributed by atoms with Crippen molar-refractivity contribution in [2.24, 2.45) is 0 Å². The standard InChI is InChI=1S/C6H10O3S/c1-2-6(10-7)5-3-8-4-9-5/h5H,2-4H2,1H3. The lowest BCUT2D eigenvalue weighted by atomic mass is 10.2. The van der Waals surface area contributed by atoms with Gasteiger partial charge in [0.15, 0.2) is 0 Å². The summed E-state index contributed by atoms with van der Waals surface area (Å²) in [6.45, 7) is 2.81. The van der Waals surface area contributed by atoms with Gasteiger partial charge in [-0.25, -0.2) is 4.21 Å². The Hall–Kier alpha value is -0.190. The fraction of sp³-hybridized carbons (Fsp3) is 0.833. The summed E-state index contributed by atoms with van der Waals surface area (Å²) in [6, 6.07) is 0. The molecule has 1 saturated heterocycles. The largest absolute Gasteiger partial charge is 0.352 e. The molecule has 0 N–H and O–H groups in total. The van der Waals surface area contributed by atoms with Crippen molar-refractivity contribution in [1.29, 1.82) is 0 Å². The van der Waals surface area contributed by atoms with Crippen LogP contribution in [-0.4, -0.2) is 28.6 Å². The molecule has 0 saturated carbocycles. The quantitative estimate of drug-likeness (QED) is 0.542. The zero-order valence-corrected chi connectivity index (χ0v) is 6.65. The van der Waals surface area contributed by atoms with Crippen molar-refractivity contribution in [3.63, 3.8) is 0 Å². The fourth-order valence-corrected chi connectivity index (χ4v) is 1.22. The Kier molecular flexibility index (Phi) is 3.05.